The average molecular weight is 341 g/mol. The van der Waals surface area contributed by atoms with E-state index in [1.54, 1.807) is 24.3 Å². The van der Waals surface area contributed by atoms with Gasteiger partial charge in [0.05, 0.1) is 18.7 Å². The van der Waals surface area contributed by atoms with Crippen LogP contribution in [0.15, 0.2) is 59.9 Å². The summed E-state index contributed by atoms with van der Waals surface area (Å²) in [7, 11) is 1.50. The van der Waals surface area contributed by atoms with Crippen LogP contribution >= 0.6 is 0 Å². The number of nitrogens with zero attached hydrogens (tertiary/aromatic N) is 1. The third kappa shape index (κ3) is 2.87. The lowest BCUT2D eigenvalue weighted by Gasteiger charge is -2.27. The molecule has 5 nitrogen and oxygen atoms in total. The van der Waals surface area contributed by atoms with Crippen molar-refractivity contribution in [3.05, 3.63) is 71.2 Å². The fourth-order valence-corrected chi connectivity index (χ4v) is 2.95. The molecule has 25 heavy (non-hydrogen) atoms. The van der Waals surface area contributed by atoms with Gasteiger partial charge < -0.3 is 9.84 Å². The van der Waals surface area contributed by atoms with E-state index in [9.17, 15) is 19.1 Å². The number of hydrogen-bond acceptors (Lipinski definition) is 4. The van der Waals surface area contributed by atoms with Gasteiger partial charge in [-0.05, 0) is 36.8 Å². The molecule has 128 valence electrons. The Kier molecular flexibility index (Phi) is 4.27. The Labute approximate surface area is 144 Å². The molecule has 1 atom stereocenters. The number of ether oxygens (including phenoxy) is 1. The molecule has 2 aromatic carbocycles. The topological polar surface area (TPSA) is 66.8 Å². The van der Waals surface area contributed by atoms with Crippen molar-refractivity contribution in [3.8, 4) is 5.75 Å². The molecule has 1 aliphatic rings. The Balaban J connectivity index is 2.17. The van der Waals surface area contributed by atoms with E-state index in [0.29, 0.717) is 17.0 Å². The molecule has 0 saturated heterocycles. The third-order valence-corrected chi connectivity index (χ3v) is 4.10. The van der Waals surface area contributed by atoms with Gasteiger partial charge in [-0.1, -0.05) is 18.2 Å². The van der Waals surface area contributed by atoms with E-state index in [2.05, 4.69) is 0 Å². The second kappa shape index (κ2) is 6.39. The minimum Gasteiger partial charge on any atom is -0.503 e. The van der Waals surface area contributed by atoms with E-state index >= 15 is 0 Å². The highest BCUT2D eigenvalue weighted by atomic mass is 19.1. The summed E-state index contributed by atoms with van der Waals surface area (Å²) in [5.74, 6) is -1.61. The van der Waals surface area contributed by atoms with Crippen molar-refractivity contribution in [2.45, 2.75) is 13.0 Å². The van der Waals surface area contributed by atoms with Crippen molar-refractivity contribution in [1.82, 2.24) is 0 Å². The molecule has 0 bridgehead atoms. The zero-order chi connectivity index (χ0) is 18.1. The van der Waals surface area contributed by atoms with Crippen LogP contribution in [0.1, 0.15) is 18.5 Å². The van der Waals surface area contributed by atoms with Crippen molar-refractivity contribution in [1.29, 1.82) is 0 Å². The van der Waals surface area contributed by atoms with Gasteiger partial charge in [0.2, 0.25) is 0 Å². The van der Waals surface area contributed by atoms with E-state index in [0.717, 1.165) is 0 Å². The molecular weight excluding hydrogens is 325 g/mol. The van der Waals surface area contributed by atoms with Crippen LogP contribution in [0.5, 0.6) is 5.75 Å². The van der Waals surface area contributed by atoms with Crippen LogP contribution in [0, 0.1) is 5.82 Å². The lowest BCUT2D eigenvalue weighted by atomic mass is 9.96. The van der Waals surface area contributed by atoms with E-state index in [-0.39, 0.29) is 5.57 Å². The average Bonchev–Trinajstić information content (AvgIpc) is 2.87. The van der Waals surface area contributed by atoms with Gasteiger partial charge in [-0.2, -0.15) is 0 Å². The molecule has 2 aromatic rings. The van der Waals surface area contributed by atoms with E-state index in [1.807, 2.05) is 0 Å². The molecule has 0 saturated carbocycles. The molecule has 0 unspecified atom stereocenters. The van der Waals surface area contributed by atoms with Gasteiger partial charge in [-0.15, -0.1) is 0 Å². The van der Waals surface area contributed by atoms with E-state index in [4.69, 9.17) is 4.74 Å². The summed E-state index contributed by atoms with van der Waals surface area (Å²) < 4.78 is 18.5. The third-order valence-electron chi connectivity index (χ3n) is 4.10. The van der Waals surface area contributed by atoms with Crippen molar-refractivity contribution < 1.29 is 23.8 Å². The largest absolute Gasteiger partial charge is 0.503 e. The summed E-state index contributed by atoms with van der Waals surface area (Å²) in [4.78, 5) is 26.0. The summed E-state index contributed by atoms with van der Waals surface area (Å²) in [5.41, 5.74) is 0.965. The van der Waals surface area contributed by atoms with Crippen LogP contribution in [-0.4, -0.2) is 23.9 Å². The van der Waals surface area contributed by atoms with Crippen molar-refractivity contribution in [3.63, 3.8) is 0 Å². The van der Waals surface area contributed by atoms with Gasteiger partial charge >= 0.3 is 0 Å². The summed E-state index contributed by atoms with van der Waals surface area (Å²) in [6, 6.07) is 11.4. The first-order valence-electron chi connectivity index (χ1n) is 7.61. The van der Waals surface area contributed by atoms with Crippen molar-refractivity contribution >= 4 is 17.4 Å². The van der Waals surface area contributed by atoms with Gasteiger partial charge in [0.1, 0.15) is 11.6 Å². The Morgan fingerprint density at radius 2 is 1.88 bits per heavy atom. The Hall–Kier alpha value is -3.15. The number of methoxy groups -OCH3 is 1. The van der Waals surface area contributed by atoms with Crippen LogP contribution in [-0.2, 0) is 9.59 Å². The molecule has 0 spiro atoms. The molecule has 1 N–H and O–H groups in total. The second-order valence-corrected chi connectivity index (χ2v) is 5.65. The highest BCUT2D eigenvalue weighted by Gasteiger charge is 2.43. The molecule has 6 heteroatoms. The predicted molar refractivity (Wildman–Crippen MR) is 90.0 cm³/mol. The van der Waals surface area contributed by atoms with Gasteiger partial charge in [0.25, 0.3) is 5.91 Å². The zero-order valence-electron chi connectivity index (χ0n) is 13.7. The maximum Gasteiger partial charge on any atom is 0.294 e. The highest BCUT2D eigenvalue weighted by Crippen LogP contribution is 2.41. The quantitative estimate of drug-likeness (QED) is 0.926. The highest BCUT2D eigenvalue weighted by molar-refractivity contribution is 6.16. The number of amides is 1. The minimum absolute atomic E-state index is 0.0144. The number of aliphatic hydroxyl groups excluding tert-OH is 1. The van der Waals surface area contributed by atoms with Crippen molar-refractivity contribution in [2.24, 2.45) is 0 Å². The Morgan fingerprint density at radius 1 is 1.20 bits per heavy atom. The zero-order valence-corrected chi connectivity index (χ0v) is 13.7. The van der Waals surface area contributed by atoms with Crippen molar-refractivity contribution in [2.75, 3.05) is 12.0 Å². The van der Waals surface area contributed by atoms with Gasteiger partial charge in [0.15, 0.2) is 11.5 Å². The van der Waals surface area contributed by atoms with Gasteiger partial charge in [0, 0.05) is 11.8 Å². The molecule has 1 aliphatic heterocycles. The molecule has 0 aliphatic carbocycles. The number of anilines is 1. The number of hydrogen-bond donors (Lipinski definition) is 1. The molecule has 0 radical (unpaired) electrons. The lowest BCUT2D eigenvalue weighted by molar-refractivity contribution is -0.117. The maximum absolute atomic E-state index is 13.3. The SMILES string of the molecule is COc1cccc(N2C(=O)C(O)=C(C(C)=O)[C@H]2c2ccc(F)cc2)c1. The number of Topliss-reactive ketones (excluding diaryl/α,β-unsaturated/α-hetero) is 1. The number of carbonyl (C=O) groups is 2. The molecule has 3 rings (SSSR count). The number of halogens is 1. The van der Waals surface area contributed by atoms with Gasteiger partial charge in [-0.3, -0.25) is 14.5 Å². The summed E-state index contributed by atoms with van der Waals surface area (Å²) in [6.07, 6.45) is 0. The normalized spacial score (nSPS) is 17.2. The molecule has 0 aromatic heterocycles. The Bertz CT molecular complexity index is 873. The van der Waals surface area contributed by atoms with Gasteiger partial charge in [-0.25, -0.2) is 4.39 Å². The van der Waals surface area contributed by atoms with Crippen LogP contribution in [0.2, 0.25) is 0 Å². The van der Waals surface area contributed by atoms with E-state index < -0.39 is 29.3 Å². The first-order chi connectivity index (χ1) is 11.9. The molecule has 1 heterocycles. The second-order valence-electron chi connectivity index (χ2n) is 5.65. The number of aliphatic hydroxyl groups is 1. The minimum atomic E-state index is -0.835. The van der Waals surface area contributed by atoms with Crippen LogP contribution in [0.25, 0.3) is 0 Å². The first-order valence-corrected chi connectivity index (χ1v) is 7.61. The summed E-state index contributed by atoms with van der Waals surface area (Å²) >= 11 is 0. The molecular formula is C19H16FNO4. The maximum atomic E-state index is 13.3. The number of rotatable bonds is 4. The summed E-state index contributed by atoms with van der Waals surface area (Å²) in [6.45, 7) is 1.28. The fraction of sp³-hybridized carbons (Fsp3) is 0.158. The van der Waals surface area contributed by atoms with Crippen LogP contribution in [0.3, 0.4) is 0 Å². The first kappa shape index (κ1) is 16.7. The number of carbonyl (C=O) groups excluding carboxylic acids is 2. The smallest absolute Gasteiger partial charge is 0.294 e. The predicted octanol–water partition coefficient (Wildman–Crippen LogP) is 3.32. The van der Waals surface area contributed by atoms with Crippen LogP contribution < -0.4 is 9.64 Å². The summed E-state index contributed by atoms with van der Waals surface area (Å²) in [5, 5.41) is 10.2. The lowest BCUT2D eigenvalue weighted by Crippen LogP contribution is -2.30. The number of ketones is 1. The van der Waals surface area contributed by atoms with E-state index in [1.165, 1.54) is 43.2 Å². The number of benzene rings is 2. The monoisotopic (exact) mass is 341 g/mol. The standard InChI is InChI=1S/C19H16FNO4/c1-11(22)16-17(12-6-8-13(20)9-7-12)21(19(24)18(16)23)14-4-3-5-15(10-14)25-2/h3-10,17,23H,1-2H3/t17-/m1/s1. The fourth-order valence-electron chi connectivity index (χ4n) is 2.95. The van der Waals surface area contributed by atoms with Crippen LogP contribution in [0.4, 0.5) is 10.1 Å². The molecule has 1 amide bonds. The molecule has 0 fully saturated rings. The Morgan fingerprint density at radius 3 is 2.48 bits per heavy atom.